The van der Waals surface area contributed by atoms with Crippen molar-refractivity contribution < 1.29 is 28.7 Å². The van der Waals surface area contributed by atoms with Crippen molar-refractivity contribution in [2.45, 2.75) is 70.6 Å². The molecule has 0 aliphatic carbocycles. The second kappa shape index (κ2) is 13.4. The van der Waals surface area contributed by atoms with Crippen molar-refractivity contribution in [3.63, 3.8) is 0 Å². The smallest absolute Gasteiger partial charge is 0.328 e. The number of nitrogens with one attached hydrogen (secondary N) is 2. The fourth-order valence-corrected chi connectivity index (χ4v) is 5.37. The number of hydrogen-bond donors (Lipinski definition) is 2. The van der Waals surface area contributed by atoms with Crippen LogP contribution in [0.3, 0.4) is 0 Å². The topological polar surface area (TPSA) is 117 Å². The van der Waals surface area contributed by atoms with Crippen LogP contribution in [0.5, 0.6) is 0 Å². The molecule has 37 heavy (non-hydrogen) atoms. The van der Waals surface area contributed by atoms with E-state index < -0.39 is 30.1 Å². The molecule has 3 rings (SSSR count). The summed E-state index contributed by atoms with van der Waals surface area (Å²) < 4.78 is 10.6. The molecule has 0 radical (unpaired) electrons. The molecule has 0 saturated carbocycles. The number of carbonyl (C=O) groups is 4. The maximum Gasteiger partial charge on any atom is 0.328 e. The van der Waals surface area contributed by atoms with E-state index in [0.29, 0.717) is 38.8 Å². The monoisotopic (exact) mass is 516 g/mol. The molecule has 0 aromatic heterocycles. The van der Waals surface area contributed by atoms with Gasteiger partial charge in [-0.3, -0.25) is 14.9 Å². The fraction of sp³-hybridized carbons (Fsp3) is 0.630. The van der Waals surface area contributed by atoms with E-state index in [0.717, 1.165) is 5.56 Å². The summed E-state index contributed by atoms with van der Waals surface area (Å²) in [6, 6.07) is 7.14. The molecular formula is C27H40N4O6. The zero-order chi connectivity index (χ0) is 26.9. The van der Waals surface area contributed by atoms with Gasteiger partial charge in [-0.2, -0.15) is 0 Å². The van der Waals surface area contributed by atoms with Gasteiger partial charge in [-0.25, -0.2) is 9.59 Å². The van der Waals surface area contributed by atoms with Crippen molar-refractivity contribution in [2.24, 2.45) is 5.92 Å². The number of carbonyl (C=O) groups excluding carboxylic acids is 4. The van der Waals surface area contributed by atoms with Crippen LogP contribution in [0.1, 0.15) is 45.6 Å². The van der Waals surface area contributed by atoms with Crippen LogP contribution in [-0.4, -0.2) is 91.2 Å². The number of ether oxygens (including phenoxy) is 2. The highest BCUT2D eigenvalue weighted by atomic mass is 16.5. The number of aryl methyl sites for hydroxylation is 1. The molecule has 5 atom stereocenters. The van der Waals surface area contributed by atoms with Crippen molar-refractivity contribution in [3.8, 4) is 0 Å². The average Bonchev–Trinajstić information content (AvgIpc) is 3.29. The van der Waals surface area contributed by atoms with E-state index in [1.807, 2.05) is 30.3 Å². The van der Waals surface area contributed by atoms with E-state index in [1.165, 1.54) is 0 Å². The molecule has 3 amide bonds. The lowest BCUT2D eigenvalue weighted by Gasteiger charge is -2.39. The van der Waals surface area contributed by atoms with E-state index in [1.54, 1.807) is 37.6 Å². The lowest BCUT2D eigenvalue weighted by Crippen LogP contribution is -2.59. The number of piperidine rings is 1. The maximum absolute atomic E-state index is 13.8. The molecule has 2 saturated heterocycles. The van der Waals surface area contributed by atoms with Gasteiger partial charge in [0.15, 0.2) is 0 Å². The standard InChI is InChI=1S/C27H40N4O6/c1-5-36-25(33)21(13-12-19-10-8-7-9-11-19)29-18(3)24(32)31-22(26(34)37-6-2)16-20-14-15-30(17-23(20)31)27(35)28-4/h7-11,18,20-23,29H,5-6,12-17H2,1-4H3,(H,28,35)/t18-,20-,21-,22+,23+/m1/s1. The normalized spacial score (nSPS) is 22.5. The van der Waals surface area contributed by atoms with Crippen LogP contribution in [0.4, 0.5) is 4.79 Å². The zero-order valence-electron chi connectivity index (χ0n) is 22.3. The zero-order valence-corrected chi connectivity index (χ0v) is 22.3. The predicted molar refractivity (Wildman–Crippen MR) is 138 cm³/mol. The van der Waals surface area contributed by atoms with E-state index in [-0.39, 0.29) is 37.1 Å². The third-order valence-electron chi connectivity index (χ3n) is 7.21. The van der Waals surface area contributed by atoms with Gasteiger partial charge in [0.1, 0.15) is 12.1 Å². The Morgan fingerprint density at radius 1 is 1.08 bits per heavy atom. The van der Waals surface area contributed by atoms with Crippen LogP contribution in [-0.2, 0) is 30.3 Å². The van der Waals surface area contributed by atoms with Crippen LogP contribution in [0.2, 0.25) is 0 Å². The van der Waals surface area contributed by atoms with Crippen LogP contribution in [0.15, 0.2) is 30.3 Å². The molecule has 2 fully saturated rings. The Morgan fingerprint density at radius 2 is 1.78 bits per heavy atom. The van der Waals surface area contributed by atoms with Crippen molar-refractivity contribution in [3.05, 3.63) is 35.9 Å². The summed E-state index contributed by atoms with van der Waals surface area (Å²) >= 11 is 0. The fourth-order valence-electron chi connectivity index (χ4n) is 5.37. The molecule has 0 unspecified atom stereocenters. The number of rotatable bonds is 10. The number of urea groups is 1. The van der Waals surface area contributed by atoms with E-state index >= 15 is 0 Å². The van der Waals surface area contributed by atoms with Gasteiger partial charge in [0.25, 0.3) is 0 Å². The van der Waals surface area contributed by atoms with Crippen LogP contribution >= 0.6 is 0 Å². The minimum absolute atomic E-state index is 0.0883. The van der Waals surface area contributed by atoms with Gasteiger partial charge in [-0.1, -0.05) is 30.3 Å². The first-order chi connectivity index (χ1) is 17.8. The number of likely N-dealkylation sites (tertiary alicyclic amines) is 2. The van der Waals surface area contributed by atoms with Gasteiger partial charge in [0.05, 0.1) is 25.3 Å². The largest absolute Gasteiger partial charge is 0.465 e. The van der Waals surface area contributed by atoms with E-state index in [9.17, 15) is 19.2 Å². The Bertz CT molecular complexity index is 942. The van der Waals surface area contributed by atoms with Gasteiger partial charge >= 0.3 is 18.0 Å². The van der Waals surface area contributed by atoms with Gasteiger partial charge < -0.3 is 24.6 Å². The van der Waals surface area contributed by atoms with Gasteiger partial charge in [0.2, 0.25) is 5.91 Å². The summed E-state index contributed by atoms with van der Waals surface area (Å²) in [7, 11) is 1.57. The Morgan fingerprint density at radius 3 is 2.43 bits per heavy atom. The van der Waals surface area contributed by atoms with Crippen molar-refractivity contribution >= 4 is 23.9 Å². The molecule has 2 N–H and O–H groups in total. The molecule has 204 valence electrons. The first-order valence-corrected chi connectivity index (χ1v) is 13.2. The van der Waals surface area contributed by atoms with Crippen molar-refractivity contribution in [1.82, 2.24) is 20.4 Å². The second-order valence-corrected chi connectivity index (χ2v) is 9.58. The number of hydrogen-bond acceptors (Lipinski definition) is 7. The van der Waals surface area contributed by atoms with Crippen LogP contribution in [0, 0.1) is 5.92 Å². The van der Waals surface area contributed by atoms with Crippen LogP contribution in [0.25, 0.3) is 0 Å². The molecule has 0 spiro atoms. The third kappa shape index (κ3) is 7.00. The Kier molecular flexibility index (Phi) is 10.3. The maximum atomic E-state index is 13.8. The Labute approximate surface area is 219 Å². The summed E-state index contributed by atoms with van der Waals surface area (Å²) in [5, 5.41) is 5.81. The summed E-state index contributed by atoms with van der Waals surface area (Å²) in [6.45, 7) is 6.54. The molecule has 2 heterocycles. The lowest BCUT2D eigenvalue weighted by atomic mass is 9.91. The highest BCUT2D eigenvalue weighted by Crippen LogP contribution is 2.37. The molecule has 10 heteroatoms. The SMILES string of the molecule is CCOC(=O)[C@@H](CCc1ccccc1)N[C@H](C)C(=O)N1[C@H](C(=O)OCC)C[C@H]2CCN(C(=O)NC)C[C@@H]21. The van der Waals surface area contributed by atoms with Crippen LogP contribution < -0.4 is 10.6 Å². The highest BCUT2D eigenvalue weighted by Gasteiger charge is 2.51. The molecule has 10 nitrogen and oxygen atoms in total. The summed E-state index contributed by atoms with van der Waals surface area (Å²) in [5.74, 6) is -1.05. The van der Waals surface area contributed by atoms with Crippen molar-refractivity contribution in [1.29, 1.82) is 0 Å². The Hall–Kier alpha value is -3.14. The molecular weight excluding hydrogens is 476 g/mol. The molecule has 1 aromatic rings. The number of fused-ring (bicyclic) bond motifs is 1. The Balaban J connectivity index is 1.78. The van der Waals surface area contributed by atoms with Gasteiger partial charge in [-0.15, -0.1) is 0 Å². The minimum Gasteiger partial charge on any atom is -0.465 e. The number of benzene rings is 1. The van der Waals surface area contributed by atoms with E-state index in [4.69, 9.17) is 9.47 Å². The first kappa shape index (κ1) is 28.4. The van der Waals surface area contributed by atoms with Gasteiger partial charge in [-0.05, 0) is 57.9 Å². The third-order valence-corrected chi connectivity index (χ3v) is 7.21. The number of amides is 3. The molecule has 2 aliphatic heterocycles. The number of nitrogens with zero attached hydrogens (tertiary/aromatic N) is 2. The average molecular weight is 517 g/mol. The van der Waals surface area contributed by atoms with Crippen molar-refractivity contribution in [2.75, 3.05) is 33.4 Å². The second-order valence-electron chi connectivity index (χ2n) is 9.58. The lowest BCUT2D eigenvalue weighted by molar-refractivity contribution is -0.155. The number of esters is 2. The van der Waals surface area contributed by atoms with E-state index in [2.05, 4.69) is 10.6 Å². The summed E-state index contributed by atoms with van der Waals surface area (Å²) in [6.07, 6.45) is 2.29. The first-order valence-electron chi connectivity index (χ1n) is 13.2. The quantitative estimate of drug-likeness (QED) is 0.455. The molecule has 0 bridgehead atoms. The van der Waals surface area contributed by atoms with Gasteiger partial charge in [0, 0.05) is 20.1 Å². The highest BCUT2D eigenvalue weighted by molar-refractivity contribution is 5.89. The minimum atomic E-state index is -0.753. The molecule has 1 aromatic carbocycles. The summed E-state index contributed by atoms with van der Waals surface area (Å²) in [4.78, 5) is 55.0. The summed E-state index contributed by atoms with van der Waals surface area (Å²) in [5.41, 5.74) is 1.08. The predicted octanol–water partition coefficient (Wildman–Crippen LogP) is 1.72. The molecule has 2 aliphatic rings.